The second-order valence-electron chi connectivity index (χ2n) is 2.69. The van der Waals surface area contributed by atoms with Crippen molar-refractivity contribution in [3.8, 4) is 5.75 Å². The van der Waals surface area contributed by atoms with Gasteiger partial charge in [0.1, 0.15) is 5.75 Å². The van der Waals surface area contributed by atoms with Gasteiger partial charge in [-0.2, -0.15) is 0 Å². The molecule has 0 unspecified atom stereocenters. The minimum Gasteiger partial charge on any atom is -0.495 e. The van der Waals surface area contributed by atoms with Gasteiger partial charge in [-0.3, -0.25) is 0 Å². The van der Waals surface area contributed by atoms with Crippen LogP contribution >= 0.6 is 27.5 Å². The molecule has 0 bridgehead atoms. The molecular weight excluding hydrogens is 255 g/mol. The number of rotatable bonds is 2. The van der Waals surface area contributed by atoms with Gasteiger partial charge in [-0.05, 0) is 35.0 Å². The van der Waals surface area contributed by atoms with Gasteiger partial charge in [0.05, 0.1) is 17.7 Å². The average Bonchev–Trinajstić information content (AvgIpc) is 2.02. The summed E-state index contributed by atoms with van der Waals surface area (Å²) in [6.45, 7) is 1.67. The minimum atomic E-state index is -0.593. The van der Waals surface area contributed by atoms with Gasteiger partial charge in [-0.15, -0.1) is 0 Å². The first kappa shape index (κ1) is 10.8. The molecule has 2 nitrogen and oxygen atoms in total. The fraction of sp³-hybridized carbons (Fsp3) is 0.333. The lowest BCUT2D eigenvalue weighted by Gasteiger charge is -2.12. The summed E-state index contributed by atoms with van der Waals surface area (Å²) in [4.78, 5) is 0. The molecule has 0 heterocycles. The summed E-state index contributed by atoms with van der Waals surface area (Å²) in [5.41, 5.74) is 0.682. The first-order chi connectivity index (χ1) is 6.06. The van der Waals surface area contributed by atoms with Gasteiger partial charge in [0.2, 0.25) is 0 Å². The summed E-state index contributed by atoms with van der Waals surface area (Å²) in [6.07, 6.45) is -0.593. The zero-order chi connectivity index (χ0) is 10.0. The van der Waals surface area contributed by atoms with Crippen LogP contribution in [0.5, 0.6) is 5.75 Å². The number of hydrogen-bond acceptors (Lipinski definition) is 2. The molecule has 0 fully saturated rings. The van der Waals surface area contributed by atoms with Gasteiger partial charge in [-0.25, -0.2) is 0 Å². The Kier molecular flexibility index (Phi) is 3.59. The summed E-state index contributed by atoms with van der Waals surface area (Å²) in [6, 6.07) is 3.42. The van der Waals surface area contributed by atoms with Crippen LogP contribution in [0.2, 0.25) is 5.02 Å². The molecule has 4 heteroatoms. The van der Waals surface area contributed by atoms with Crippen molar-refractivity contribution in [2.75, 3.05) is 7.11 Å². The third kappa shape index (κ3) is 2.36. The molecule has 1 rings (SSSR count). The highest BCUT2D eigenvalue weighted by Crippen LogP contribution is 2.35. The number of benzene rings is 1. The minimum absolute atomic E-state index is 0.573. The molecule has 13 heavy (non-hydrogen) atoms. The van der Waals surface area contributed by atoms with E-state index in [0.717, 1.165) is 4.47 Å². The van der Waals surface area contributed by atoms with E-state index in [-0.39, 0.29) is 0 Å². The highest BCUT2D eigenvalue weighted by molar-refractivity contribution is 9.10. The maximum absolute atomic E-state index is 9.43. The number of methoxy groups -OCH3 is 1. The second kappa shape index (κ2) is 4.31. The lowest BCUT2D eigenvalue weighted by Crippen LogP contribution is -1.97. The summed E-state index contributed by atoms with van der Waals surface area (Å²) >= 11 is 9.13. The van der Waals surface area contributed by atoms with E-state index in [2.05, 4.69) is 15.9 Å². The van der Waals surface area contributed by atoms with Crippen LogP contribution in [0.15, 0.2) is 16.6 Å². The van der Waals surface area contributed by atoms with Crippen LogP contribution < -0.4 is 4.74 Å². The Labute approximate surface area is 90.6 Å². The molecule has 0 aliphatic heterocycles. The smallest absolute Gasteiger partial charge is 0.138 e. The fourth-order valence-corrected chi connectivity index (χ4v) is 2.10. The molecule has 0 aliphatic rings. The molecule has 0 aliphatic carbocycles. The fourth-order valence-electron chi connectivity index (χ4n) is 1.11. The van der Waals surface area contributed by atoms with Crippen molar-refractivity contribution in [2.45, 2.75) is 13.0 Å². The SMILES string of the molecule is COc1c(Br)cc(Cl)cc1[C@H](C)O. The third-order valence-corrected chi connectivity index (χ3v) is 2.50. The zero-order valence-corrected chi connectivity index (χ0v) is 9.69. The Morgan fingerprint density at radius 2 is 2.15 bits per heavy atom. The summed E-state index contributed by atoms with van der Waals surface area (Å²) in [5.74, 6) is 0.624. The van der Waals surface area contributed by atoms with Crippen LogP contribution in [0.1, 0.15) is 18.6 Å². The second-order valence-corrected chi connectivity index (χ2v) is 3.98. The normalized spacial score (nSPS) is 12.7. The number of ether oxygens (including phenoxy) is 1. The molecular formula is C9H10BrClO2. The Morgan fingerprint density at radius 3 is 2.62 bits per heavy atom. The number of aliphatic hydroxyl groups is 1. The van der Waals surface area contributed by atoms with E-state index in [1.54, 1.807) is 26.2 Å². The van der Waals surface area contributed by atoms with Crippen molar-refractivity contribution in [2.24, 2.45) is 0 Å². The summed E-state index contributed by atoms with van der Waals surface area (Å²) < 4.78 is 5.88. The van der Waals surface area contributed by atoms with E-state index in [1.165, 1.54) is 0 Å². The standard InChI is InChI=1S/C9H10BrClO2/c1-5(12)7-3-6(11)4-8(10)9(7)13-2/h3-5,12H,1-2H3/t5-/m0/s1. The van der Waals surface area contributed by atoms with Crippen LogP contribution in [0.25, 0.3) is 0 Å². The lowest BCUT2D eigenvalue weighted by molar-refractivity contribution is 0.194. The zero-order valence-electron chi connectivity index (χ0n) is 7.34. The van der Waals surface area contributed by atoms with Crippen molar-refractivity contribution in [1.29, 1.82) is 0 Å². The average molecular weight is 266 g/mol. The molecule has 0 radical (unpaired) electrons. The largest absolute Gasteiger partial charge is 0.495 e. The van der Waals surface area contributed by atoms with E-state index in [0.29, 0.717) is 16.3 Å². The number of halogens is 2. The van der Waals surface area contributed by atoms with Gasteiger partial charge in [0, 0.05) is 10.6 Å². The Balaban J connectivity index is 3.29. The molecule has 72 valence electrons. The molecule has 0 saturated carbocycles. The van der Waals surface area contributed by atoms with E-state index in [1.807, 2.05) is 0 Å². The quantitative estimate of drug-likeness (QED) is 0.890. The van der Waals surface area contributed by atoms with Gasteiger partial charge in [-0.1, -0.05) is 11.6 Å². The number of aliphatic hydroxyl groups excluding tert-OH is 1. The molecule has 1 aromatic rings. The molecule has 0 saturated heterocycles. The molecule has 0 spiro atoms. The van der Waals surface area contributed by atoms with Crippen molar-refractivity contribution in [3.05, 3.63) is 27.2 Å². The van der Waals surface area contributed by atoms with Gasteiger partial charge in [0.15, 0.2) is 0 Å². The third-order valence-electron chi connectivity index (χ3n) is 1.69. The first-order valence-electron chi connectivity index (χ1n) is 3.77. The molecule has 1 N–H and O–H groups in total. The predicted octanol–water partition coefficient (Wildman–Crippen LogP) is 3.16. The Hall–Kier alpha value is -0.250. The lowest BCUT2D eigenvalue weighted by atomic mass is 10.1. The van der Waals surface area contributed by atoms with Crippen LogP contribution in [-0.4, -0.2) is 12.2 Å². The van der Waals surface area contributed by atoms with Crippen LogP contribution in [0.3, 0.4) is 0 Å². The summed E-state index contributed by atoms with van der Waals surface area (Å²) in [7, 11) is 1.56. The van der Waals surface area contributed by atoms with Gasteiger partial charge >= 0.3 is 0 Å². The monoisotopic (exact) mass is 264 g/mol. The van der Waals surface area contributed by atoms with Crippen molar-refractivity contribution >= 4 is 27.5 Å². The first-order valence-corrected chi connectivity index (χ1v) is 4.94. The topological polar surface area (TPSA) is 29.5 Å². The van der Waals surface area contributed by atoms with Crippen LogP contribution in [0, 0.1) is 0 Å². The van der Waals surface area contributed by atoms with E-state index in [9.17, 15) is 5.11 Å². The van der Waals surface area contributed by atoms with Crippen LogP contribution in [-0.2, 0) is 0 Å². The highest BCUT2D eigenvalue weighted by Gasteiger charge is 2.12. The maximum atomic E-state index is 9.43. The van der Waals surface area contributed by atoms with Gasteiger partial charge in [0.25, 0.3) is 0 Å². The molecule has 1 aromatic carbocycles. The summed E-state index contributed by atoms with van der Waals surface area (Å²) in [5, 5.41) is 10.00. The number of hydrogen-bond donors (Lipinski definition) is 1. The predicted molar refractivity (Wildman–Crippen MR) is 56.3 cm³/mol. The molecule has 1 atom stereocenters. The van der Waals surface area contributed by atoms with Crippen molar-refractivity contribution < 1.29 is 9.84 Å². The van der Waals surface area contributed by atoms with Crippen molar-refractivity contribution in [1.82, 2.24) is 0 Å². The van der Waals surface area contributed by atoms with E-state index in [4.69, 9.17) is 16.3 Å². The van der Waals surface area contributed by atoms with E-state index < -0.39 is 6.10 Å². The maximum Gasteiger partial charge on any atom is 0.138 e. The van der Waals surface area contributed by atoms with Crippen molar-refractivity contribution in [3.63, 3.8) is 0 Å². The molecule has 0 amide bonds. The highest BCUT2D eigenvalue weighted by atomic mass is 79.9. The Bertz CT molecular complexity index is 313. The Morgan fingerprint density at radius 1 is 1.54 bits per heavy atom. The van der Waals surface area contributed by atoms with Crippen LogP contribution in [0.4, 0.5) is 0 Å². The van der Waals surface area contributed by atoms with E-state index >= 15 is 0 Å². The molecule has 0 aromatic heterocycles. The van der Waals surface area contributed by atoms with Gasteiger partial charge < -0.3 is 9.84 Å².